The van der Waals surface area contributed by atoms with E-state index in [1.807, 2.05) is 19.9 Å². The molecule has 0 aliphatic rings. The van der Waals surface area contributed by atoms with Crippen LogP contribution in [-0.4, -0.2) is 10.2 Å². The molecule has 2 atom stereocenters. The number of halogens is 2. The first-order chi connectivity index (χ1) is 6.58. The number of hydrogen-bond acceptors (Lipinski definition) is 0. The van der Waals surface area contributed by atoms with Crippen LogP contribution in [0.5, 0.6) is 0 Å². The van der Waals surface area contributed by atoms with Crippen LogP contribution in [0.2, 0.25) is 0 Å². The first-order valence-electron chi connectivity index (χ1n) is 5.16. The average Bonchev–Trinajstić information content (AvgIpc) is 2.16. The van der Waals surface area contributed by atoms with Crippen LogP contribution < -0.4 is 0 Å². The Morgan fingerprint density at radius 2 is 1.86 bits per heavy atom. The van der Waals surface area contributed by atoms with E-state index in [0.717, 1.165) is 6.42 Å². The van der Waals surface area contributed by atoms with Gasteiger partial charge in [-0.15, -0.1) is 11.6 Å². The minimum Gasteiger partial charge on any atom is -0.119 e. The van der Waals surface area contributed by atoms with Gasteiger partial charge in [0.2, 0.25) is 0 Å². The topological polar surface area (TPSA) is 0 Å². The van der Waals surface area contributed by atoms with E-state index in [9.17, 15) is 0 Å². The summed E-state index contributed by atoms with van der Waals surface area (Å²) >= 11 is 9.02. The molecule has 0 spiro atoms. The van der Waals surface area contributed by atoms with Gasteiger partial charge in [-0.1, -0.05) is 54.1 Å². The zero-order valence-corrected chi connectivity index (χ0v) is 12.0. The van der Waals surface area contributed by atoms with Gasteiger partial charge in [-0.05, 0) is 26.7 Å². The van der Waals surface area contributed by atoms with Crippen LogP contribution in [0, 0.1) is 0 Å². The predicted molar refractivity (Wildman–Crippen MR) is 72.6 cm³/mol. The molecule has 0 saturated carbocycles. The molecule has 0 aliphatic heterocycles. The lowest BCUT2D eigenvalue weighted by Crippen LogP contribution is -1.85. The third-order valence-electron chi connectivity index (χ3n) is 1.43. The summed E-state index contributed by atoms with van der Waals surface area (Å²) in [6.45, 7) is 8.23. The van der Waals surface area contributed by atoms with Crippen molar-refractivity contribution >= 4 is 27.5 Å². The Kier molecular flexibility index (Phi) is 15.8. The Bertz CT molecular complexity index is 150. The lowest BCUT2D eigenvalue weighted by atomic mass is 10.3. The summed E-state index contributed by atoms with van der Waals surface area (Å²) < 4.78 is 0. The minimum atomic E-state index is 0.194. The first kappa shape index (κ1) is 16.7. The highest BCUT2D eigenvalue weighted by molar-refractivity contribution is 9.09. The molecule has 0 aromatic carbocycles. The van der Waals surface area contributed by atoms with Crippen LogP contribution in [0.3, 0.4) is 0 Å². The Morgan fingerprint density at radius 3 is 2.00 bits per heavy atom. The van der Waals surface area contributed by atoms with Crippen LogP contribution >= 0.6 is 27.5 Å². The van der Waals surface area contributed by atoms with Crippen molar-refractivity contribution in [3.63, 3.8) is 0 Å². The van der Waals surface area contributed by atoms with Crippen LogP contribution in [0.1, 0.15) is 40.5 Å². The third-order valence-corrected chi connectivity index (χ3v) is 2.53. The number of allylic oxidation sites excluding steroid dienone is 4. The van der Waals surface area contributed by atoms with Crippen molar-refractivity contribution in [3.8, 4) is 0 Å². The van der Waals surface area contributed by atoms with Gasteiger partial charge in [0, 0.05) is 10.2 Å². The zero-order chi connectivity index (χ0) is 11.4. The Hall–Kier alpha value is 0.250. The number of hydrogen-bond donors (Lipinski definition) is 0. The van der Waals surface area contributed by atoms with Gasteiger partial charge in [-0.25, -0.2) is 0 Å². The monoisotopic (exact) mass is 280 g/mol. The fraction of sp³-hybridized carbons (Fsp3) is 0.667. The van der Waals surface area contributed by atoms with Gasteiger partial charge in [0.15, 0.2) is 0 Å². The molecule has 0 aromatic heterocycles. The maximum absolute atomic E-state index is 5.57. The molecule has 0 amide bonds. The second kappa shape index (κ2) is 13.2. The number of alkyl halides is 2. The standard InChI is InChI=1S/C6H11Br.C6H11Cl/c1-3-5-6(7)4-2;1-3-4-5-6(2)7/h3,5-6H,4H2,1-2H3;4-6H,3H2,1-2H3. The smallest absolute Gasteiger partial charge is 0.0487 e. The largest absolute Gasteiger partial charge is 0.119 e. The molecule has 84 valence electrons. The molecule has 0 rings (SSSR count). The summed E-state index contributed by atoms with van der Waals surface area (Å²) in [7, 11) is 0. The molecule has 0 nitrogen and oxygen atoms in total. The van der Waals surface area contributed by atoms with Crippen molar-refractivity contribution in [1.29, 1.82) is 0 Å². The van der Waals surface area contributed by atoms with E-state index < -0.39 is 0 Å². The second-order valence-corrected chi connectivity index (χ2v) is 4.83. The summed E-state index contributed by atoms with van der Waals surface area (Å²) in [6, 6.07) is 0. The molecular weight excluding hydrogens is 259 g/mol. The van der Waals surface area contributed by atoms with Gasteiger partial charge in [0.1, 0.15) is 0 Å². The van der Waals surface area contributed by atoms with E-state index in [2.05, 4.69) is 48.0 Å². The minimum absolute atomic E-state index is 0.194. The van der Waals surface area contributed by atoms with Crippen molar-refractivity contribution < 1.29 is 0 Å². The van der Waals surface area contributed by atoms with Crippen molar-refractivity contribution in [3.05, 3.63) is 24.3 Å². The molecule has 2 heteroatoms. The van der Waals surface area contributed by atoms with Crippen LogP contribution in [0.15, 0.2) is 24.3 Å². The first-order valence-corrected chi connectivity index (χ1v) is 6.51. The Morgan fingerprint density at radius 1 is 1.29 bits per heavy atom. The van der Waals surface area contributed by atoms with Gasteiger partial charge in [0.05, 0.1) is 0 Å². The van der Waals surface area contributed by atoms with E-state index in [0.29, 0.717) is 4.83 Å². The molecule has 0 heterocycles. The van der Waals surface area contributed by atoms with Gasteiger partial charge >= 0.3 is 0 Å². The molecule has 0 saturated heterocycles. The molecule has 2 unspecified atom stereocenters. The van der Waals surface area contributed by atoms with Crippen LogP contribution in [0.4, 0.5) is 0 Å². The van der Waals surface area contributed by atoms with Crippen LogP contribution in [0.25, 0.3) is 0 Å². The summed E-state index contributed by atoms with van der Waals surface area (Å²) in [5, 5.41) is 0.194. The van der Waals surface area contributed by atoms with Crippen molar-refractivity contribution in [2.45, 2.75) is 50.7 Å². The van der Waals surface area contributed by atoms with E-state index >= 15 is 0 Å². The Labute approximate surface area is 103 Å². The van der Waals surface area contributed by atoms with E-state index in [1.165, 1.54) is 6.42 Å². The van der Waals surface area contributed by atoms with E-state index in [-0.39, 0.29) is 5.38 Å². The van der Waals surface area contributed by atoms with Crippen LogP contribution in [-0.2, 0) is 0 Å². The highest BCUT2D eigenvalue weighted by Gasteiger charge is 1.88. The summed E-state index contributed by atoms with van der Waals surface area (Å²) in [5.74, 6) is 0. The zero-order valence-electron chi connectivity index (χ0n) is 9.63. The SMILES string of the molecule is CC=CC(Br)CC.CCC=CC(C)Cl. The van der Waals surface area contributed by atoms with Crippen molar-refractivity contribution in [1.82, 2.24) is 0 Å². The maximum Gasteiger partial charge on any atom is 0.0487 e. The highest BCUT2D eigenvalue weighted by atomic mass is 79.9. The molecule has 0 fully saturated rings. The lowest BCUT2D eigenvalue weighted by molar-refractivity contribution is 0.990. The molecule has 0 radical (unpaired) electrons. The predicted octanol–water partition coefficient (Wildman–Crippen LogP) is 5.32. The van der Waals surface area contributed by atoms with E-state index in [4.69, 9.17) is 11.6 Å². The molecule has 0 aliphatic carbocycles. The van der Waals surface area contributed by atoms with Gasteiger partial charge < -0.3 is 0 Å². The van der Waals surface area contributed by atoms with Gasteiger partial charge in [-0.3, -0.25) is 0 Å². The molecule has 14 heavy (non-hydrogen) atoms. The highest BCUT2D eigenvalue weighted by Crippen LogP contribution is 2.04. The fourth-order valence-corrected chi connectivity index (χ4v) is 1.08. The van der Waals surface area contributed by atoms with Crippen molar-refractivity contribution in [2.75, 3.05) is 0 Å². The molecule has 0 N–H and O–H groups in total. The van der Waals surface area contributed by atoms with E-state index in [1.54, 1.807) is 0 Å². The summed E-state index contributed by atoms with van der Waals surface area (Å²) in [5.41, 5.74) is 0. The summed E-state index contributed by atoms with van der Waals surface area (Å²) in [6.07, 6.45) is 10.5. The molecular formula is C12H22BrCl. The van der Waals surface area contributed by atoms with Gasteiger partial charge in [0.25, 0.3) is 0 Å². The number of rotatable bonds is 4. The maximum atomic E-state index is 5.57. The molecule has 0 aromatic rings. The summed E-state index contributed by atoms with van der Waals surface area (Å²) in [4.78, 5) is 0.581. The Balaban J connectivity index is 0. The van der Waals surface area contributed by atoms with Gasteiger partial charge in [-0.2, -0.15) is 0 Å². The quantitative estimate of drug-likeness (QED) is 0.483. The normalized spacial score (nSPS) is 15.3. The molecule has 0 bridgehead atoms. The average molecular weight is 282 g/mol. The third kappa shape index (κ3) is 18.1. The lowest BCUT2D eigenvalue weighted by Gasteiger charge is -1.93. The second-order valence-electron chi connectivity index (χ2n) is 2.96. The van der Waals surface area contributed by atoms with Crippen molar-refractivity contribution in [2.24, 2.45) is 0 Å². The fourth-order valence-electron chi connectivity index (χ4n) is 0.669.